The third-order valence-electron chi connectivity index (χ3n) is 3.90. The molecule has 2 N–H and O–H groups in total. The van der Waals surface area contributed by atoms with Crippen LogP contribution in [0.25, 0.3) is 0 Å². The zero-order valence-corrected chi connectivity index (χ0v) is 14.5. The Morgan fingerprint density at radius 1 is 1.38 bits per heavy atom. The smallest absolute Gasteiger partial charge is 0.185 e. The fourth-order valence-corrected chi connectivity index (χ4v) is 5.60. The largest absolute Gasteiger partial charge is 0.382 e. The minimum absolute atomic E-state index is 0.118. The number of hydrogen-bond donors (Lipinski definition) is 1. The standard InChI is InChI=1S/C13H24N4O2S2/c1-4-8-21(18,19)11-12(14)15-20-13(11)17-7-6-16(5-2)10(3)9-17/h10H,4-9H2,1-3H3,(H2,14,15). The summed E-state index contributed by atoms with van der Waals surface area (Å²) in [4.78, 5) is 4.75. The maximum absolute atomic E-state index is 12.4. The number of hydrogen-bond acceptors (Lipinski definition) is 7. The first kappa shape index (κ1) is 16.5. The van der Waals surface area contributed by atoms with Crippen molar-refractivity contribution in [3.63, 3.8) is 0 Å². The van der Waals surface area contributed by atoms with Gasteiger partial charge in [-0.15, -0.1) is 0 Å². The highest BCUT2D eigenvalue weighted by atomic mass is 32.2. The molecule has 0 saturated carbocycles. The topological polar surface area (TPSA) is 79.5 Å². The van der Waals surface area contributed by atoms with E-state index in [2.05, 4.69) is 28.0 Å². The van der Waals surface area contributed by atoms with Crippen molar-refractivity contribution in [3.8, 4) is 0 Å². The Balaban J connectivity index is 2.30. The van der Waals surface area contributed by atoms with E-state index in [1.54, 1.807) is 0 Å². The SMILES string of the molecule is CCCS(=O)(=O)c1c(N)nsc1N1CCN(CC)C(C)C1. The zero-order valence-electron chi connectivity index (χ0n) is 12.9. The van der Waals surface area contributed by atoms with Gasteiger partial charge in [-0.1, -0.05) is 13.8 Å². The molecule has 1 aliphatic rings. The first-order valence-electron chi connectivity index (χ1n) is 7.37. The third-order valence-corrected chi connectivity index (χ3v) is 6.92. The second kappa shape index (κ2) is 6.50. The second-order valence-corrected chi connectivity index (χ2v) is 8.24. The molecule has 1 saturated heterocycles. The minimum atomic E-state index is -3.35. The Morgan fingerprint density at radius 3 is 2.67 bits per heavy atom. The van der Waals surface area contributed by atoms with E-state index in [0.29, 0.717) is 17.5 Å². The number of nitrogens with zero attached hydrogens (tertiary/aromatic N) is 3. The Labute approximate surface area is 131 Å². The predicted octanol–water partition coefficient (Wildman–Crippen LogP) is 1.44. The van der Waals surface area contributed by atoms with E-state index >= 15 is 0 Å². The maximum atomic E-state index is 12.4. The molecule has 1 aromatic heterocycles. The molecular weight excluding hydrogens is 308 g/mol. The summed E-state index contributed by atoms with van der Waals surface area (Å²) in [6.07, 6.45) is 0.580. The molecule has 1 unspecified atom stereocenters. The molecule has 0 amide bonds. The summed E-state index contributed by atoms with van der Waals surface area (Å²) in [6.45, 7) is 9.74. The normalized spacial score (nSPS) is 20.9. The van der Waals surface area contributed by atoms with Crippen LogP contribution in [-0.4, -0.2) is 55.7 Å². The van der Waals surface area contributed by atoms with Gasteiger partial charge in [-0.05, 0) is 31.4 Å². The fraction of sp³-hybridized carbons (Fsp3) is 0.769. The molecule has 0 spiro atoms. The van der Waals surface area contributed by atoms with E-state index in [4.69, 9.17) is 5.73 Å². The number of sulfone groups is 1. The molecule has 2 rings (SSSR count). The molecule has 2 heterocycles. The van der Waals surface area contributed by atoms with Crippen LogP contribution in [0, 0.1) is 0 Å². The van der Waals surface area contributed by atoms with Crippen molar-refractivity contribution < 1.29 is 8.42 Å². The number of piperazine rings is 1. The first-order valence-corrected chi connectivity index (χ1v) is 9.80. The van der Waals surface area contributed by atoms with Crippen molar-refractivity contribution in [2.24, 2.45) is 0 Å². The Bertz CT molecular complexity index is 585. The molecule has 0 bridgehead atoms. The maximum Gasteiger partial charge on any atom is 0.185 e. The average molecular weight is 332 g/mol. The van der Waals surface area contributed by atoms with Gasteiger partial charge in [-0.25, -0.2) is 8.42 Å². The van der Waals surface area contributed by atoms with E-state index in [1.165, 1.54) is 11.5 Å². The fourth-order valence-electron chi connectivity index (χ4n) is 2.80. The predicted molar refractivity (Wildman–Crippen MR) is 87.8 cm³/mol. The van der Waals surface area contributed by atoms with Crippen molar-refractivity contribution in [2.75, 3.05) is 42.6 Å². The lowest BCUT2D eigenvalue weighted by Crippen LogP contribution is -2.51. The highest BCUT2D eigenvalue weighted by Gasteiger charge is 2.31. The van der Waals surface area contributed by atoms with Crippen molar-refractivity contribution in [1.29, 1.82) is 0 Å². The Kier molecular flexibility index (Phi) is 5.11. The van der Waals surface area contributed by atoms with Gasteiger partial charge in [0.25, 0.3) is 0 Å². The van der Waals surface area contributed by atoms with Crippen molar-refractivity contribution in [2.45, 2.75) is 38.1 Å². The molecule has 120 valence electrons. The van der Waals surface area contributed by atoms with Crippen LogP contribution in [0.1, 0.15) is 27.2 Å². The molecule has 0 aromatic carbocycles. The number of aromatic nitrogens is 1. The van der Waals surface area contributed by atoms with Gasteiger partial charge in [0.15, 0.2) is 15.7 Å². The van der Waals surface area contributed by atoms with Gasteiger partial charge in [0.05, 0.1) is 5.75 Å². The van der Waals surface area contributed by atoms with Gasteiger partial charge in [-0.3, -0.25) is 4.90 Å². The van der Waals surface area contributed by atoms with Crippen LogP contribution in [0.15, 0.2) is 4.90 Å². The lowest BCUT2D eigenvalue weighted by Gasteiger charge is -2.39. The molecule has 1 aliphatic heterocycles. The van der Waals surface area contributed by atoms with Gasteiger partial charge < -0.3 is 10.6 Å². The summed E-state index contributed by atoms with van der Waals surface area (Å²) in [5.41, 5.74) is 5.84. The number of nitrogen functional groups attached to an aromatic ring is 1. The van der Waals surface area contributed by atoms with Crippen molar-refractivity contribution >= 4 is 32.2 Å². The van der Waals surface area contributed by atoms with Crippen LogP contribution in [0.2, 0.25) is 0 Å². The third kappa shape index (κ3) is 3.32. The van der Waals surface area contributed by atoms with E-state index in [1.807, 2.05) is 6.92 Å². The minimum Gasteiger partial charge on any atom is -0.382 e. The number of nitrogens with two attached hydrogens (primary N) is 1. The molecule has 21 heavy (non-hydrogen) atoms. The van der Waals surface area contributed by atoms with Gasteiger partial charge in [0.1, 0.15) is 9.90 Å². The number of rotatable bonds is 5. The van der Waals surface area contributed by atoms with Crippen LogP contribution in [0.5, 0.6) is 0 Å². The summed E-state index contributed by atoms with van der Waals surface area (Å²) in [5, 5.41) is 0.712. The van der Waals surface area contributed by atoms with E-state index in [0.717, 1.165) is 26.2 Å². The monoisotopic (exact) mass is 332 g/mol. The summed E-state index contributed by atoms with van der Waals surface area (Å²) in [6, 6.07) is 0.397. The van der Waals surface area contributed by atoms with Crippen LogP contribution in [0.3, 0.4) is 0 Å². The Morgan fingerprint density at radius 2 is 2.10 bits per heavy atom. The highest BCUT2D eigenvalue weighted by molar-refractivity contribution is 7.91. The number of anilines is 2. The average Bonchev–Trinajstić information content (AvgIpc) is 2.81. The second-order valence-electron chi connectivity index (χ2n) is 5.44. The first-order chi connectivity index (χ1) is 9.90. The quantitative estimate of drug-likeness (QED) is 0.879. The molecule has 1 fully saturated rings. The lowest BCUT2D eigenvalue weighted by atomic mass is 10.2. The van der Waals surface area contributed by atoms with Crippen molar-refractivity contribution in [1.82, 2.24) is 9.27 Å². The Hall–Kier alpha value is -0.860. The van der Waals surface area contributed by atoms with E-state index < -0.39 is 9.84 Å². The lowest BCUT2D eigenvalue weighted by molar-refractivity contribution is 0.199. The van der Waals surface area contributed by atoms with E-state index in [-0.39, 0.29) is 16.5 Å². The molecular formula is C13H24N4O2S2. The zero-order chi connectivity index (χ0) is 15.6. The number of likely N-dealkylation sites (N-methyl/N-ethyl adjacent to an activating group) is 1. The summed E-state index contributed by atoms with van der Waals surface area (Å²) in [7, 11) is -3.35. The highest BCUT2D eigenvalue weighted by Crippen LogP contribution is 2.36. The molecule has 1 aromatic rings. The molecule has 0 aliphatic carbocycles. The van der Waals surface area contributed by atoms with Gasteiger partial charge in [0, 0.05) is 25.7 Å². The van der Waals surface area contributed by atoms with Crippen LogP contribution in [-0.2, 0) is 9.84 Å². The van der Waals surface area contributed by atoms with Gasteiger partial charge in [0.2, 0.25) is 0 Å². The summed E-state index contributed by atoms with van der Waals surface area (Å²) >= 11 is 1.20. The molecule has 6 nitrogen and oxygen atoms in total. The van der Waals surface area contributed by atoms with E-state index in [9.17, 15) is 8.42 Å². The van der Waals surface area contributed by atoms with Gasteiger partial charge >= 0.3 is 0 Å². The van der Waals surface area contributed by atoms with Crippen LogP contribution < -0.4 is 10.6 Å². The summed E-state index contributed by atoms with van der Waals surface area (Å²) in [5.74, 6) is 0.265. The van der Waals surface area contributed by atoms with Crippen LogP contribution >= 0.6 is 11.5 Å². The van der Waals surface area contributed by atoms with Gasteiger partial charge in [-0.2, -0.15) is 4.37 Å². The van der Waals surface area contributed by atoms with Crippen LogP contribution in [0.4, 0.5) is 10.8 Å². The molecule has 8 heteroatoms. The van der Waals surface area contributed by atoms with Crippen molar-refractivity contribution in [3.05, 3.63) is 0 Å². The summed E-state index contributed by atoms with van der Waals surface area (Å²) < 4.78 is 28.9. The molecule has 1 atom stereocenters. The molecule has 0 radical (unpaired) electrons.